The van der Waals surface area contributed by atoms with Crippen LogP contribution in [-0.2, 0) is 6.42 Å². The lowest BCUT2D eigenvalue weighted by Gasteiger charge is -2.14. The first-order valence-electron chi connectivity index (χ1n) is 6.95. The number of nitrogens with two attached hydrogens (primary N) is 1. The highest BCUT2D eigenvalue weighted by atomic mass is 16.3. The Balaban J connectivity index is 2.38. The van der Waals surface area contributed by atoms with Gasteiger partial charge in [-0.25, -0.2) is 0 Å². The molecule has 102 valence electrons. The van der Waals surface area contributed by atoms with Crippen molar-refractivity contribution >= 4 is 0 Å². The summed E-state index contributed by atoms with van der Waals surface area (Å²) in [6.07, 6.45) is 2.25. The quantitative estimate of drug-likeness (QED) is 0.891. The minimum absolute atomic E-state index is 0.103. The van der Waals surface area contributed by atoms with Crippen molar-refractivity contribution < 1.29 is 4.42 Å². The Labute approximate surface area is 115 Å². The van der Waals surface area contributed by atoms with Crippen LogP contribution in [0.25, 0.3) is 0 Å². The van der Waals surface area contributed by atoms with E-state index >= 15 is 0 Å². The molecule has 1 atom stereocenters. The van der Waals surface area contributed by atoms with E-state index in [0.717, 1.165) is 35.5 Å². The Bertz CT molecular complexity index is 569. The van der Waals surface area contributed by atoms with Gasteiger partial charge in [0.1, 0.15) is 11.5 Å². The average Bonchev–Trinajstić information content (AvgIpc) is 2.63. The fourth-order valence-electron chi connectivity index (χ4n) is 2.66. The van der Waals surface area contributed by atoms with E-state index in [2.05, 4.69) is 38.1 Å². The molecule has 2 aromatic rings. The van der Waals surface area contributed by atoms with Gasteiger partial charge in [0.2, 0.25) is 0 Å². The van der Waals surface area contributed by atoms with Crippen molar-refractivity contribution in [3.8, 4) is 0 Å². The van der Waals surface area contributed by atoms with Gasteiger partial charge in [0.05, 0.1) is 6.04 Å². The predicted octanol–water partition coefficient (Wildman–Crippen LogP) is 4.21. The molecule has 2 heteroatoms. The van der Waals surface area contributed by atoms with Crippen LogP contribution in [0.4, 0.5) is 0 Å². The largest absolute Gasteiger partial charge is 0.466 e. The van der Waals surface area contributed by atoms with E-state index in [9.17, 15) is 0 Å². The van der Waals surface area contributed by atoms with E-state index < -0.39 is 0 Å². The first-order chi connectivity index (χ1) is 9.04. The van der Waals surface area contributed by atoms with Gasteiger partial charge < -0.3 is 10.2 Å². The van der Waals surface area contributed by atoms with Crippen molar-refractivity contribution in [2.45, 2.75) is 46.6 Å². The number of hydrogen-bond acceptors (Lipinski definition) is 2. The summed E-state index contributed by atoms with van der Waals surface area (Å²) in [5.41, 5.74) is 11.3. The number of hydrogen-bond donors (Lipinski definition) is 1. The molecule has 0 saturated heterocycles. The summed E-state index contributed by atoms with van der Waals surface area (Å²) in [5.74, 6) is 1.90. The second-order valence-corrected chi connectivity index (χ2v) is 5.23. The lowest BCUT2D eigenvalue weighted by atomic mass is 9.94. The molecule has 0 spiro atoms. The van der Waals surface area contributed by atoms with Crippen molar-refractivity contribution in [3.05, 3.63) is 58.0 Å². The molecule has 19 heavy (non-hydrogen) atoms. The molecule has 0 aliphatic heterocycles. The molecule has 0 aliphatic rings. The molecular weight excluding hydrogens is 234 g/mol. The van der Waals surface area contributed by atoms with Gasteiger partial charge in [-0.1, -0.05) is 37.6 Å². The van der Waals surface area contributed by atoms with Crippen LogP contribution in [0, 0.1) is 20.8 Å². The Morgan fingerprint density at radius 3 is 2.47 bits per heavy atom. The van der Waals surface area contributed by atoms with Gasteiger partial charge in [-0.15, -0.1) is 0 Å². The van der Waals surface area contributed by atoms with Gasteiger partial charge in [-0.3, -0.25) is 0 Å². The zero-order valence-corrected chi connectivity index (χ0v) is 12.3. The van der Waals surface area contributed by atoms with Crippen LogP contribution in [0.2, 0.25) is 0 Å². The highest BCUT2D eigenvalue weighted by Crippen LogP contribution is 2.30. The smallest absolute Gasteiger partial charge is 0.106 e. The van der Waals surface area contributed by atoms with Crippen LogP contribution < -0.4 is 5.73 Å². The Hall–Kier alpha value is -1.54. The van der Waals surface area contributed by atoms with Crippen molar-refractivity contribution in [2.24, 2.45) is 5.73 Å². The zero-order chi connectivity index (χ0) is 14.0. The fourth-order valence-corrected chi connectivity index (χ4v) is 2.66. The van der Waals surface area contributed by atoms with Crippen LogP contribution in [0.3, 0.4) is 0 Å². The minimum Gasteiger partial charge on any atom is -0.466 e. The van der Waals surface area contributed by atoms with Gasteiger partial charge in [0, 0.05) is 5.56 Å². The predicted molar refractivity (Wildman–Crippen MR) is 79.4 cm³/mol. The molecule has 1 aromatic heterocycles. The first-order valence-corrected chi connectivity index (χ1v) is 6.95. The monoisotopic (exact) mass is 257 g/mol. The number of aryl methyl sites for hydroxylation is 3. The molecule has 0 saturated carbocycles. The second kappa shape index (κ2) is 5.62. The molecule has 0 fully saturated rings. The van der Waals surface area contributed by atoms with E-state index in [0.29, 0.717) is 0 Å². The Morgan fingerprint density at radius 1 is 1.16 bits per heavy atom. The third-order valence-electron chi connectivity index (χ3n) is 3.78. The molecule has 1 aromatic carbocycles. The third-order valence-corrected chi connectivity index (χ3v) is 3.78. The molecule has 2 rings (SSSR count). The summed E-state index contributed by atoms with van der Waals surface area (Å²) in [6, 6.07) is 8.48. The van der Waals surface area contributed by atoms with E-state index in [1.165, 1.54) is 11.1 Å². The third kappa shape index (κ3) is 2.74. The summed E-state index contributed by atoms with van der Waals surface area (Å²) in [6.45, 7) is 8.26. The summed E-state index contributed by atoms with van der Waals surface area (Å²) in [5, 5.41) is 0. The van der Waals surface area contributed by atoms with Gasteiger partial charge >= 0.3 is 0 Å². The lowest BCUT2D eigenvalue weighted by molar-refractivity contribution is 0.498. The van der Waals surface area contributed by atoms with E-state index in [1.807, 2.05) is 13.8 Å². The maximum atomic E-state index is 6.44. The molecule has 2 N–H and O–H groups in total. The molecule has 0 amide bonds. The standard InChI is InChI=1S/C17H23NO/c1-5-7-14-8-6-9-15(10-14)17(18)16-11(2)12(3)19-13(16)4/h6,8-10,17H,5,7,18H2,1-4H3. The van der Waals surface area contributed by atoms with Crippen LogP contribution in [0.5, 0.6) is 0 Å². The van der Waals surface area contributed by atoms with Crippen molar-refractivity contribution in [1.29, 1.82) is 0 Å². The maximum absolute atomic E-state index is 6.44. The maximum Gasteiger partial charge on any atom is 0.106 e. The SMILES string of the molecule is CCCc1cccc(C(N)c2c(C)oc(C)c2C)c1. The zero-order valence-electron chi connectivity index (χ0n) is 12.3. The van der Waals surface area contributed by atoms with Crippen molar-refractivity contribution in [1.82, 2.24) is 0 Å². The molecule has 1 unspecified atom stereocenters. The minimum atomic E-state index is -0.103. The topological polar surface area (TPSA) is 39.2 Å². The van der Waals surface area contributed by atoms with Gasteiger partial charge in [0.25, 0.3) is 0 Å². The fraction of sp³-hybridized carbons (Fsp3) is 0.412. The van der Waals surface area contributed by atoms with E-state index in [1.54, 1.807) is 0 Å². The normalized spacial score (nSPS) is 12.7. The van der Waals surface area contributed by atoms with Crippen LogP contribution in [-0.4, -0.2) is 0 Å². The molecular formula is C17H23NO. The highest BCUT2D eigenvalue weighted by Gasteiger charge is 2.19. The van der Waals surface area contributed by atoms with Crippen molar-refractivity contribution in [3.63, 3.8) is 0 Å². The Morgan fingerprint density at radius 2 is 1.89 bits per heavy atom. The van der Waals surface area contributed by atoms with Crippen LogP contribution >= 0.6 is 0 Å². The second-order valence-electron chi connectivity index (χ2n) is 5.23. The number of furan rings is 1. The Kier molecular flexibility index (Phi) is 4.11. The summed E-state index contributed by atoms with van der Waals surface area (Å²) in [7, 11) is 0. The molecule has 0 aliphatic carbocycles. The molecule has 0 bridgehead atoms. The lowest BCUT2D eigenvalue weighted by Crippen LogP contribution is -2.13. The molecule has 1 heterocycles. The first kappa shape index (κ1) is 13.9. The molecule has 0 radical (unpaired) electrons. The van der Waals surface area contributed by atoms with Crippen LogP contribution in [0.1, 0.15) is 53.2 Å². The van der Waals surface area contributed by atoms with Gasteiger partial charge in [-0.2, -0.15) is 0 Å². The van der Waals surface area contributed by atoms with E-state index in [-0.39, 0.29) is 6.04 Å². The summed E-state index contributed by atoms with van der Waals surface area (Å²) >= 11 is 0. The highest BCUT2D eigenvalue weighted by molar-refractivity contribution is 5.41. The van der Waals surface area contributed by atoms with Crippen molar-refractivity contribution in [2.75, 3.05) is 0 Å². The van der Waals surface area contributed by atoms with E-state index in [4.69, 9.17) is 10.2 Å². The molecule has 2 nitrogen and oxygen atoms in total. The van der Waals surface area contributed by atoms with Gasteiger partial charge in [0.15, 0.2) is 0 Å². The summed E-state index contributed by atoms with van der Waals surface area (Å²) in [4.78, 5) is 0. The number of benzene rings is 1. The van der Waals surface area contributed by atoms with Crippen LogP contribution in [0.15, 0.2) is 28.7 Å². The number of rotatable bonds is 4. The van der Waals surface area contributed by atoms with Gasteiger partial charge in [-0.05, 0) is 43.9 Å². The average molecular weight is 257 g/mol. The summed E-state index contributed by atoms with van der Waals surface area (Å²) < 4.78 is 5.69.